The number of nitrogens with one attached hydrogen (secondary N) is 2. The minimum Gasteiger partial charge on any atom is -0.382 e. The van der Waals surface area contributed by atoms with Crippen LogP contribution >= 0.6 is 0 Å². The zero-order valence-corrected chi connectivity index (χ0v) is 9.05. The number of hydrogen-bond donors (Lipinski definition) is 3. The third kappa shape index (κ3) is 2.62. The maximum absolute atomic E-state index is 5.72. The zero-order valence-electron chi connectivity index (χ0n) is 9.05. The van der Waals surface area contributed by atoms with Gasteiger partial charge in [-0.3, -0.25) is 0 Å². The summed E-state index contributed by atoms with van der Waals surface area (Å²) < 4.78 is 5.53. The van der Waals surface area contributed by atoms with E-state index in [9.17, 15) is 0 Å². The maximum atomic E-state index is 5.72. The van der Waals surface area contributed by atoms with Gasteiger partial charge in [0.05, 0.1) is 6.10 Å². The van der Waals surface area contributed by atoms with Gasteiger partial charge >= 0.3 is 0 Å². The number of imidazole rings is 1. The molecule has 0 spiro atoms. The first kappa shape index (κ1) is 10.3. The number of nitrogens with zero attached hydrogens (tertiary/aromatic N) is 1. The van der Waals surface area contributed by atoms with Crippen LogP contribution in [0.3, 0.4) is 0 Å². The second kappa shape index (κ2) is 4.53. The Morgan fingerprint density at radius 2 is 2.53 bits per heavy atom. The molecule has 1 aliphatic rings. The molecule has 1 atom stereocenters. The zero-order chi connectivity index (χ0) is 10.7. The van der Waals surface area contributed by atoms with Crippen LogP contribution in [0.4, 0.5) is 11.6 Å². The maximum Gasteiger partial charge on any atom is 0.168 e. The van der Waals surface area contributed by atoms with Crippen LogP contribution in [0.15, 0.2) is 0 Å². The Kier molecular flexibility index (Phi) is 3.11. The molecule has 2 heterocycles. The molecule has 1 fully saturated rings. The summed E-state index contributed by atoms with van der Waals surface area (Å²) in [6, 6.07) is 0. The number of H-pyrrole nitrogens is 1. The highest BCUT2D eigenvalue weighted by Gasteiger charge is 2.15. The van der Waals surface area contributed by atoms with Crippen molar-refractivity contribution in [2.45, 2.75) is 32.3 Å². The number of rotatable bonds is 4. The van der Waals surface area contributed by atoms with Crippen LogP contribution in [-0.4, -0.2) is 29.2 Å². The molecule has 0 aliphatic carbocycles. The molecule has 0 amide bonds. The van der Waals surface area contributed by atoms with Crippen LogP contribution in [-0.2, 0) is 4.74 Å². The van der Waals surface area contributed by atoms with Gasteiger partial charge in [-0.05, 0) is 26.2 Å². The fourth-order valence-corrected chi connectivity index (χ4v) is 1.87. The molecule has 84 valence electrons. The molecule has 0 aromatic carbocycles. The lowest BCUT2D eigenvalue weighted by molar-refractivity contribution is 0.107. The highest BCUT2D eigenvalue weighted by molar-refractivity contribution is 5.56. The minimum atomic E-state index is 0.416. The van der Waals surface area contributed by atoms with Crippen LogP contribution in [0.25, 0.3) is 0 Å². The first-order valence-electron chi connectivity index (χ1n) is 5.43. The largest absolute Gasteiger partial charge is 0.382 e. The summed E-state index contributed by atoms with van der Waals surface area (Å²) in [7, 11) is 0. The Bertz CT molecular complexity index is 317. The Hall–Kier alpha value is -1.23. The van der Waals surface area contributed by atoms with E-state index >= 15 is 0 Å². The van der Waals surface area contributed by atoms with E-state index in [0.717, 1.165) is 31.2 Å². The van der Waals surface area contributed by atoms with Crippen molar-refractivity contribution in [3.63, 3.8) is 0 Å². The third-order valence-corrected chi connectivity index (χ3v) is 2.63. The molecule has 5 nitrogen and oxygen atoms in total. The van der Waals surface area contributed by atoms with Gasteiger partial charge in [-0.25, -0.2) is 4.98 Å². The van der Waals surface area contributed by atoms with Gasteiger partial charge in [0, 0.05) is 13.2 Å². The molecule has 1 saturated heterocycles. The second-order valence-electron chi connectivity index (χ2n) is 3.93. The number of aromatic nitrogens is 2. The van der Waals surface area contributed by atoms with Crippen molar-refractivity contribution in [1.29, 1.82) is 0 Å². The lowest BCUT2D eigenvalue weighted by atomic mass is 10.2. The van der Waals surface area contributed by atoms with E-state index in [1.165, 1.54) is 12.8 Å². The summed E-state index contributed by atoms with van der Waals surface area (Å²) in [6.45, 7) is 3.66. The molecule has 1 aromatic rings. The fraction of sp³-hybridized carbons (Fsp3) is 0.700. The quantitative estimate of drug-likeness (QED) is 0.699. The highest BCUT2D eigenvalue weighted by atomic mass is 16.5. The van der Waals surface area contributed by atoms with E-state index in [1.807, 2.05) is 6.92 Å². The number of aromatic amines is 1. The van der Waals surface area contributed by atoms with Crippen molar-refractivity contribution in [1.82, 2.24) is 9.97 Å². The van der Waals surface area contributed by atoms with Gasteiger partial charge in [-0.2, -0.15) is 0 Å². The molecule has 1 aromatic heterocycles. The number of aryl methyl sites for hydroxylation is 1. The van der Waals surface area contributed by atoms with Gasteiger partial charge in [0.25, 0.3) is 0 Å². The number of ether oxygens (including phenoxy) is 1. The number of anilines is 2. The lowest BCUT2D eigenvalue weighted by Crippen LogP contribution is -2.13. The van der Waals surface area contributed by atoms with Gasteiger partial charge in [0.2, 0.25) is 0 Å². The molecular weight excluding hydrogens is 192 g/mol. The molecule has 0 bridgehead atoms. The number of hydrogen-bond acceptors (Lipinski definition) is 4. The van der Waals surface area contributed by atoms with E-state index in [4.69, 9.17) is 10.5 Å². The topological polar surface area (TPSA) is 76.0 Å². The summed E-state index contributed by atoms with van der Waals surface area (Å²) in [5, 5.41) is 3.21. The molecule has 1 aliphatic heterocycles. The summed E-state index contributed by atoms with van der Waals surface area (Å²) in [4.78, 5) is 7.20. The predicted octanol–water partition coefficient (Wildman–Crippen LogP) is 1.28. The van der Waals surface area contributed by atoms with Crippen LogP contribution in [0.5, 0.6) is 0 Å². The highest BCUT2D eigenvalue weighted by Crippen LogP contribution is 2.17. The number of nitrogens with two attached hydrogens (primary N) is 1. The number of nitrogen functional groups attached to an aromatic ring is 1. The summed E-state index contributed by atoms with van der Waals surface area (Å²) in [5.74, 6) is 2.21. The van der Waals surface area contributed by atoms with Crippen molar-refractivity contribution < 1.29 is 4.74 Å². The molecule has 5 heteroatoms. The molecule has 15 heavy (non-hydrogen) atoms. The van der Waals surface area contributed by atoms with E-state index in [1.54, 1.807) is 0 Å². The van der Waals surface area contributed by atoms with E-state index < -0.39 is 0 Å². The van der Waals surface area contributed by atoms with Crippen molar-refractivity contribution in [3.8, 4) is 0 Å². The molecule has 0 saturated carbocycles. The van der Waals surface area contributed by atoms with Gasteiger partial charge in [0.1, 0.15) is 11.6 Å². The molecular formula is C10H18N4O. The Balaban J connectivity index is 1.75. The molecule has 2 rings (SSSR count). The van der Waals surface area contributed by atoms with Crippen LogP contribution in [0.2, 0.25) is 0 Å². The van der Waals surface area contributed by atoms with Gasteiger partial charge in [0.15, 0.2) is 5.82 Å². The SMILES string of the molecule is Cc1nc(NCCC2CCCO2)c(N)[nH]1. The van der Waals surface area contributed by atoms with E-state index in [-0.39, 0.29) is 0 Å². The van der Waals surface area contributed by atoms with Crippen molar-refractivity contribution in [2.24, 2.45) is 0 Å². The first-order chi connectivity index (χ1) is 7.25. The average molecular weight is 210 g/mol. The lowest BCUT2D eigenvalue weighted by Gasteiger charge is -2.09. The van der Waals surface area contributed by atoms with Crippen molar-refractivity contribution >= 4 is 11.6 Å². The third-order valence-electron chi connectivity index (χ3n) is 2.63. The minimum absolute atomic E-state index is 0.416. The predicted molar refractivity (Wildman–Crippen MR) is 59.8 cm³/mol. The normalized spacial score (nSPS) is 20.7. The van der Waals surface area contributed by atoms with Crippen LogP contribution in [0, 0.1) is 6.92 Å². The summed E-state index contributed by atoms with van der Waals surface area (Å²) in [6.07, 6.45) is 3.80. The summed E-state index contributed by atoms with van der Waals surface area (Å²) in [5.41, 5.74) is 5.72. The monoisotopic (exact) mass is 210 g/mol. The van der Waals surface area contributed by atoms with Crippen LogP contribution in [0.1, 0.15) is 25.1 Å². The van der Waals surface area contributed by atoms with Gasteiger partial charge < -0.3 is 20.8 Å². The van der Waals surface area contributed by atoms with Crippen LogP contribution < -0.4 is 11.1 Å². The first-order valence-corrected chi connectivity index (χ1v) is 5.43. The molecule has 1 unspecified atom stereocenters. The van der Waals surface area contributed by atoms with E-state index in [2.05, 4.69) is 15.3 Å². The van der Waals surface area contributed by atoms with Crippen molar-refractivity contribution in [2.75, 3.05) is 24.2 Å². The standard InChI is InChI=1S/C10H18N4O/c1-7-13-9(11)10(14-7)12-5-4-8-3-2-6-15-8/h8,12H,2-6,11H2,1H3,(H,13,14). The van der Waals surface area contributed by atoms with Gasteiger partial charge in [-0.15, -0.1) is 0 Å². The summed E-state index contributed by atoms with van der Waals surface area (Å²) >= 11 is 0. The molecule has 4 N–H and O–H groups in total. The molecule has 0 radical (unpaired) electrons. The van der Waals surface area contributed by atoms with Gasteiger partial charge in [-0.1, -0.05) is 0 Å². The second-order valence-corrected chi connectivity index (χ2v) is 3.93. The average Bonchev–Trinajstić information content (AvgIpc) is 2.77. The fourth-order valence-electron chi connectivity index (χ4n) is 1.87. The van der Waals surface area contributed by atoms with Crippen molar-refractivity contribution in [3.05, 3.63) is 5.82 Å². The Morgan fingerprint density at radius 3 is 3.13 bits per heavy atom. The van der Waals surface area contributed by atoms with E-state index in [0.29, 0.717) is 11.9 Å². The Labute approximate surface area is 89.4 Å². The Morgan fingerprint density at radius 1 is 1.67 bits per heavy atom. The smallest absolute Gasteiger partial charge is 0.168 e.